The predicted octanol–water partition coefficient (Wildman–Crippen LogP) is 3.01. The van der Waals surface area contributed by atoms with Crippen molar-refractivity contribution in [2.75, 3.05) is 12.8 Å². The monoisotopic (exact) mass is 308 g/mol. The van der Waals surface area contributed by atoms with E-state index >= 15 is 0 Å². The van der Waals surface area contributed by atoms with Crippen LogP contribution in [0, 0.1) is 0 Å². The van der Waals surface area contributed by atoms with E-state index in [1.54, 1.807) is 25.4 Å². The molecule has 0 aliphatic rings. The van der Waals surface area contributed by atoms with Crippen LogP contribution in [0.4, 0.5) is 5.82 Å². The highest BCUT2D eigenvalue weighted by Crippen LogP contribution is 2.25. The van der Waals surface area contributed by atoms with Gasteiger partial charge in [-0.05, 0) is 30.3 Å². The highest BCUT2D eigenvalue weighted by molar-refractivity contribution is 9.10. The molecule has 1 aromatic heterocycles. The molecule has 5 heteroatoms. The van der Waals surface area contributed by atoms with Crippen molar-refractivity contribution in [2.24, 2.45) is 0 Å². The number of benzene rings is 1. The lowest BCUT2D eigenvalue weighted by Gasteiger charge is -2.11. The molecule has 0 radical (unpaired) electrons. The Labute approximate surface area is 114 Å². The lowest BCUT2D eigenvalue weighted by Crippen LogP contribution is -2.01. The van der Waals surface area contributed by atoms with Crippen molar-refractivity contribution in [3.05, 3.63) is 46.6 Å². The number of methoxy groups -OCH3 is 1. The first-order chi connectivity index (χ1) is 8.70. The summed E-state index contributed by atoms with van der Waals surface area (Å²) >= 11 is 3.42. The third kappa shape index (κ3) is 2.92. The zero-order valence-corrected chi connectivity index (χ0v) is 11.5. The molecular weight excluding hydrogens is 296 g/mol. The quantitative estimate of drug-likeness (QED) is 0.943. The smallest absolute Gasteiger partial charge is 0.166 e. The standard InChI is InChI=1S/C13H13BrN2O2/c1-17-11-5-4-10(14)7-9(11)8-18-12-3-2-6-16-13(12)15/h2-7H,8H2,1H3,(H2,15,16). The summed E-state index contributed by atoms with van der Waals surface area (Å²) in [4.78, 5) is 3.96. The Morgan fingerprint density at radius 1 is 1.28 bits per heavy atom. The van der Waals surface area contributed by atoms with Crippen LogP contribution in [0.2, 0.25) is 0 Å². The SMILES string of the molecule is COc1ccc(Br)cc1COc1cccnc1N. The molecule has 1 heterocycles. The van der Waals surface area contributed by atoms with Gasteiger partial charge in [0.2, 0.25) is 0 Å². The molecule has 0 aliphatic carbocycles. The van der Waals surface area contributed by atoms with E-state index in [1.165, 1.54) is 0 Å². The fourth-order valence-corrected chi connectivity index (χ4v) is 1.95. The molecular formula is C13H13BrN2O2. The van der Waals surface area contributed by atoms with Crippen LogP contribution in [-0.4, -0.2) is 12.1 Å². The van der Waals surface area contributed by atoms with E-state index in [-0.39, 0.29) is 0 Å². The van der Waals surface area contributed by atoms with E-state index < -0.39 is 0 Å². The number of nitrogens with zero attached hydrogens (tertiary/aromatic N) is 1. The highest BCUT2D eigenvalue weighted by Gasteiger charge is 2.06. The lowest BCUT2D eigenvalue weighted by molar-refractivity contribution is 0.297. The molecule has 0 unspecified atom stereocenters. The second-order valence-electron chi connectivity index (χ2n) is 3.63. The number of pyridine rings is 1. The number of hydrogen-bond acceptors (Lipinski definition) is 4. The average Bonchev–Trinajstić information content (AvgIpc) is 2.38. The zero-order chi connectivity index (χ0) is 13.0. The van der Waals surface area contributed by atoms with Gasteiger partial charge in [0.25, 0.3) is 0 Å². The molecule has 0 bridgehead atoms. The first-order valence-corrected chi connectivity index (χ1v) is 6.15. The topological polar surface area (TPSA) is 57.4 Å². The summed E-state index contributed by atoms with van der Waals surface area (Å²) in [5.41, 5.74) is 6.65. The normalized spacial score (nSPS) is 10.1. The zero-order valence-electron chi connectivity index (χ0n) is 9.89. The van der Waals surface area contributed by atoms with Crippen molar-refractivity contribution >= 4 is 21.7 Å². The van der Waals surface area contributed by atoms with E-state index in [0.29, 0.717) is 18.2 Å². The van der Waals surface area contributed by atoms with Crippen LogP contribution >= 0.6 is 15.9 Å². The van der Waals surface area contributed by atoms with Crippen molar-refractivity contribution in [2.45, 2.75) is 6.61 Å². The van der Waals surface area contributed by atoms with Gasteiger partial charge in [0.05, 0.1) is 7.11 Å². The summed E-state index contributed by atoms with van der Waals surface area (Å²) in [6.45, 7) is 0.374. The molecule has 0 fully saturated rings. The first kappa shape index (κ1) is 12.7. The van der Waals surface area contributed by atoms with Gasteiger partial charge in [-0.1, -0.05) is 15.9 Å². The van der Waals surface area contributed by atoms with Crippen LogP contribution in [0.15, 0.2) is 41.0 Å². The molecule has 94 valence electrons. The number of anilines is 1. The molecule has 1 aromatic carbocycles. The minimum atomic E-state index is 0.374. The molecule has 0 saturated carbocycles. The van der Waals surface area contributed by atoms with E-state index in [9.17, 15) is 0 Å². The highest BCUT2D eigenvalue weighted by atomic mass is 79.9. The van der Waals surface area contributed by atoms with Crippen LogP contribution in [0.1, 0.15) is 5.56 Å². The Bertz CT molecular complexity index is 546. The molecule has 0 aliphatic heterocycles. The Kier molecular flexibility index (Phi) is 4.04. The van der Waals surface area contributed by atoms with E-state index in [4.69, 9.17) is 15.2 Å². The maximum atomic E-state index is 5.71. The number of ether oxygens (including phenoxy) is 2. The molecule has 0 spiro atoms. The van der Waals surface area contributed by atoms with E-state index in [2.05, 4.69) is 20.9 Å². The van der Waals surface area contributed by atoms with Gasteiger partial charge in [-0.25, -0.2) is 4.98 Å². The third-order valence-corrected chi connectivity index (χ3v) is 2.92. The van der Waals surface area contributed by atoms with E-state index in [0.717, 1.165) is 15.8 Å². The average molecular weight is 309 g/mol. The van der Waals surface area contributed by atoms with Crippen LogP contribution < -0.4 is 15.2 Å². The third-order valence-electron chi connectivity index (χ3n) is 2.43. The number of aromatic nitrogens is 1. The lowest BCUT2D eigenvalue weighted by atomic mass is 10.2. The van der Waals surface area contributed by atoms with Gasteiger partial charge in [0.1, 0.15) is 12.4 Å². The van der Waals surface area contributed by atoms with Gasteiger partial charge in [-0.3, -0.25) is 0 Å². The van der Waals surface area contributed by atoms with Gasteiger partial charge in [-0.15, -0.1) is 0 Å². The Hall–Kier alpha value is -1.75. The van der Waals surface area contributed by atoms with E-state index in [1.807, 2.05) is 18.2 Å². The molecule has 0 amide bonds. The minimum absolute atomic E-state index is 0.374. The number of nitrogens with two attached hydrogens (primary N) is 1. The molecule has 0 atom stereocenters. The molecule has 0 saturated heterocycles. The van der Waals surface area contributed by atoms with Crippen molar-refractivity contribution < 1.29 is 9.47 Å². The number of rotatable bonds is 4. The largest absolute Gasteiger partial charge is 0.496 e. The second-order valence-corrected chi connectivity index (χ2v) is 4.55. The molecule has 4 nitrogen and oxygen atoms in total. The van der Waals surface area contributed by atoms with Crippen LogP contribution in [0.3, 0.4) is 0 Å². The maximum absolute atomic E-state index is 5.71. The van der Waals surface area contributed by atoms with Gasteiger partial charge in [0, 0.05) is 16.2 Å². The summed E-state index contributed by atoms with van der Waals surface area (Å²) in [7, 11) is 1.63. The van der Waals surface area contributed by atoms with Crippen LogP contribution in [0.5, 0.6) is 11.5 Å². The molecule has 2 N–H and O–H groups in total. The Balaban J connectivity index is 2.15. The Morgan fingerprint density at radius 2 is 2.11 bits per heavy atom. The summed E-state index contributed by atoms with van der Waals surface area (Å²) in [6.07, 6.45) is 1.63. The first-order valence-electron chi connectivity index (χ1n) is 5.36. The minimum Gasteiger partial charge on any atom is -0.496 e. The van der Waals surface area contributed by atoms with Crippen molar-refractivity contribution in [3.8, 4) is 11.5 Å². The summed E-state index contributed by atoms with van der Waals surface area (Å²) in [6, 6.07) is 9.32. The van der Waals surface area contributed by atoms with Gasteiger partial charge in [0.15, 0.2) is 11.6 Å². The number of halogens is 1. The number of hydrogen-bond donors (Lipinski definition) is 1. The van der Waals surface area contributed by atoms with Gasteiger partial charge < -0.3 is 15.2 Å². The molecule has 18 heavy (non-hydrogen) atoms. The van der Waals surface area contributed by atoms with Crippen LogP contribution in [-0.2, 0) is 6.61 Å². The van der Waals surface area contributed by atoms with Gasteiger partial charge in [-0.2, -0.15) is 0 Å². The summed E-state index contributed by atoms with van der Waals surface area (Å²) in [5.74, 6) is 1.73. The van der Waals surface area contributed by atoms with Crippen molar-refractivity contribution in [1.82, 2.24) is 4.98 Å². The predicted molar refractivity (Wildman–Crippen MR) is 73.7 cm³/mol. The fourth-order valence-electron chi connectivity index (χ4n) is 1.54. The molecule has 2 aromatic rings. The van der Waals surface area contributed by atoms with Crippen molar-refractivity contribution in [3.63, 3.8) is 0 Å². The molecule has 2 rings (SSSR count). The summed E-state index contributed by atoms with van der Waals surface area (Å²) < 4.78 is 11.9. The Morgan fingerprint density at radius 3 is 2.83 bits per heavy atom. The number of nitrogen functional groups attached to an aromatic ring is 1. The maximum Gasteiger partial charge on any atom is 0.166 e. The van der Waals surface area contributed by atoms with Crippen LogP contribution in [0.25, 0.3) is 0 Å². The second kappa shape index (κ2) is 5.73. The van der Waals surface area contributed by atoms with Crippen molar-refractivity contribution in [1.29, 1.82) is 0 Å². The fraction of sp³-hybridized carbons (Fsp3) is 0.154. The summed E-state index contributed by atoms with van der Waals surface area (Å²) in [5, 5.41) is 0. The van der Waals surface area contributed by atoms with Gasteiger partial charge >= 0.3 is 0 Å².